The van der Waals surface area contributed by atoms with Crippen molar-refractivity contribution in [3.63, 3.8) is 0 Å². The second-order valence-corrected chi connectivity index (χ2v) is 7.40. The van der Waals surface area contributed by atoms with E-state index in [1.165, 1.54) is 10.9 Å². The van der Waals surface area contributed by atoms with Crippen molar-refractivity contribution in [2.24, 2.45) is 0 Å². The number of hydrogen-bond donors (Lipinski definition) is 1. The van der Waals surface area contributed by atoms with Gasteiger partial charge in [-0.25, -0.2) is 15.0 Å². The molecule has 128 valence electrons. The molecule has 6 nitrogen and oxygen atoms in total. The Balaban J connectivity index is 1.57. The first-order chi connectivity index (χ1) is 12.1. The van der Waals surface area contributed by atoms with Crippen LogP contribution in [0.25, 0.3) is 10.2 Å². The van der Waals surface area contributed by atoms with Gasteiger partial charge in [0.05, 0.1) is 26.5 Å². The summed E-state index contributed by atoms with van der Waals surface area (Å²) < 4.78 is 1.20. The Kier molecular flexibility index (Phi) is 4.09. The first kappa shape index (κ1) is 16.0. The molecule has 0 bridgehead atoms. The van der Waals surface area contributed by atoms with Gasteiger partial charge >= 0.3 is 0 Å². The summed E-state index contributed by atoms with van der Waals surface area (Å²) in [6.07, 6.45) is 3.56. The highest BCUT2D eigenvalue weighted by Gasteiger charge is 2.28. The minimum Gasteiger partial charge on any atom is -0.368 e. The molecule has 0 saturated carbocycles. The lowest BCUT2D eigenvalue weighted by Crippen LogP contribution is -2.39. The number of para-hydroxylation sites is 1. The second kappa shape index (κ2) is 6.40. The highest BCUT2D eigenvalue weighted by atomic mass is 32.1. The van der Waals surface area contributed by atoms with Crippen LogP contribution in [-0.4, -0.2) is 38.8 Å². The number of rotatable bonds is 2. The van der Waals surface area contributed by atoms with Gasteiger partial charge in [-0.1, -0.05) is 12.1 Å². The topological polar surface area (TPSA) is 85.0 Å². The summed E-state index contributed by atoms with van der Waals surface area (Å²) in [5.74, 6) is 0.452. The molecule has 0 spiro atoms. The Morgan fingerprint density at radius 1 is 1.32 bits per heavy atom. The number of fused-ring (bicyclic) bond motifs is 1. The third kappa shape index (κ3) is 3.07. The van der Waals surface area contributed by atoms with E-state index in [0.717, 1.165) is 29.9 Å². The SMILES string of the molecule is Cc1nc(N)ncc1C(=O)N1CCCC(c2nc3ccccc3s2)C1. The average Bonchev–Trinajstić information content (AvgIpc) is 3.05. The van der Waals surface area contributed by atoms with E-state index in [2.05, 4.69) is 16.0 Å². The van der Waals surface area contributed by atoms with Crippen LogP contribution in [0.1, 0.15) is 39.8 Å². The summed E-state index contributed by atoms with van der Waals surface area (Å²) in [4.78, 5) is 27.6. The summed E-state index contributed by atoms with van der Waals surface area (Å²) in [6.45, 7) is 3.23. The van der Waals surface area contributed by atoms with Gasteiger partial charge < -0.3 is 10.6 Å². The van der Waals surface area contributed by atoms with E-state index < -0.39 is 0 Å². The average molecular weight is 353 g/mol. The van der Waals surface area contributed by atoms with Crippen molar-refractivity contribution in [3.05, 3.63) is 46.7 Å². The fraction of sp³-hybridized carbons (Fsp3) is 0.333. The molecule has 1 unspecified atom stereocenters. The first-order valence-electron chi connectivity index (χ1n) is 8.35. The maximum absolute atomic E-state index is 12.9. The van der Waals surface area contributed by atoms with E-state index in [1.54, 1.807) is 18.3 Å². The van der Waals surface area contributed by atoms with Crippen molar-refractivity contribution in [3.8, 4) is 0 Å². The van der Waals surface area contributed by atoms with Crippen LogP contribution in [0.5, 0.6) is 0 Å². The molecule has 3 aromatic rings. The summed E-state index contributed by atoms with van der Waals surface area (Å²) in [7, 11) is 0. The summed E-state index contributed by atoms with van der Waals surface area (Å²) in [5.41, 5.74) is 7.77. The van der Waals surface area contributed by atoms with Gasteiger partial charge in [-0.2, -0.15) is 0 Å². The Bertz CT molecular complexity index is 905. The zero-order chi connectivity index (χ0) is 17.4. The quantitative estimate of drug-likeness (QED) is 0.765. The van der Waals surface area contributed by atoms with Crippen LogP contribution >= 0.6 is 11.3 Å². The van der Waals surface area contributed by atoms with Crippen molar-refractivity contribution in [1.82, 2.24) is 19.9 Å². The molecule has 3 heterocycles. The molecule has 1 aromatic carbocycles. The standard InChI is InChI=1S/C18H19N5OS/c1-11-13(9-20-18(19)21-11)17(24)23-8-4-5-12(10-23)16-22-14-6-2-3-7-15(14)25-16/h2-3,6-7,9,12H,4-5,8,10H2,1H3,(H2,19,20,21). The molecule has 1 saturated heterocycles. The molecule has 0 radical (unpaired) electrons. The first-order valence-corrected chi connectivity index (χ1v) is 9.17. The second-order valence-electron chi connectivity index (χ2n) is 6.34. The summed E-state index contributed by atoms with van der Waals surface area (Å²) in [6, 6.07) is 8.17. The van der Waals surface area contributed by atoms with Gasteiger partial charge in [0, 0.05) is 25.2 Å². The van der Waals surface area contributed by atoms with Gasteiger partial charge in [-0.05, 0) is 31.9 Å². The molecular weight excluding hydrogens is 334 g/mol. The molecule has 25 heavy (non-hydrogen) atoms. The van der Waals surface area contributed by atoms with Gasteiger partial charge in [-0.3, -0.25) is 4.79 Å². The molecule has 1 amide bonds. The minimum atomic E-state index is -0.0247. The lowest BCUT2D eigenvalue weighted by Gasteiger charge is -2.32. The van der Waals surface area contributed by atoms with E-state index >= 15 is 0 Å². The number of carbonyl (C=O) groups is 1. The summed E-state index contributed by atoms with van der Waals surface area (Å²) in [5, 5.41) is 1.11. The zero-order valence-electron chi connectivity index (χ0n) is 14.0. The molecule has 2 N–H and O–H groups in total. The van der Waals surface area contributed by atoms with E-state index in [4.69, 9.17) is 10.7 Å². The van der Waals surface area contributed by atoms with Crippen molar-refractivity contribution in [2.45, 2.75) is 25.7 Å². The van der Waals surface area contributed by atoms with Crippen LogP contribution < -0.4 is 5.73 Å². The number of thiazole rings is 1. The van der Waals surface area contributed by atoms with E-state index in [-0.39, 0.29) is 17.8 Å². The van der Waals surface area contributed by atoms with Crippen LogP contribution in [0, 0.1) is 6.92 Å². The number of nitrogens with zero attached hydrogens (tertiary/aromatic N) is 4. The third-order valence-corrected chi connectivity index (χ3v) is 5.80. The number of likely N-dealkylation sites (tertiary alicyclic amines) is 1. The largest absolute Gasteiger partial charge is 0.368 e. The highest BCUT2D eigenvalue weighted by molar-refractivity contribution is 7.18. The van der Waals surface area contributed by atoms with Crippen LogP contribution in [0.3, 0.4) is 0 Å². The van der Waals surface area contributed by atoms with Crippen LogP contribution in [0.15, 0.2) is 30.5 Å². The molecule has 1 aliphatic rings. The van der Waals surface area contributed by atoms with Crippen molar-refractivity contribution in [2.75, 3.05) is 18.8 Å². The number of hydrogen-bond acceptors (Lipinski definition) is 6. The van der Waals surface area contributed by atoms with E-state index in [0.29, 0.717) is 17.8 Å². The molecule has 7 heteroatoms. The predicted octanol–water partition coefficient (Wildman–Crippen LogP) is 3.00. The monoisotopic (exact) mass is 353 g/mol. The number of piperidine rings is 1. The fourth-order valence-electron chi connectivity index (χ4n) is 3.29. The molecule has 2 aromatic heterocycles. The number of aromatic nitrogens is 3. The van der Waals surface area contributed by atoms with Crippen molar-refractivity contribution < 1.29 is 4.79 Å². The lowest BCUT2D eigenvalue weighted by atomic mass is 9.98. The molecule has 4 rings (SSSR count). The molecule has 1 fully saturated rings. The molecule has 1 atom stereocenters. The normalized spacial score (nSPS) is 17.8. The Labute approximate surface area is 149 Å². The Morgan fingerprint density at radius 2 is 2.16 bits per heavy atom. The van der Waals surface area contributed by atoms with Gasteiger partial charge in [0.15, 0.2) is 0 Å². The number of amides is 1. The van der Waals surface area contributed by atoms with Gasteiger partial charge in [0.2, 0.25) is 5.95 Å². The number of nitrogen functional groups attached to an aromatic ring is 1. The predicted molar refractivity (Wildman–Crippen MR) is 98.7 cm³/mol. The molecule has 0 aliphatic carbocycles. The number of anilines is 1. The molecule has 1 aliphatic heterocycles. The van der Waals surface area contributed by atoms with Crippen LogP contribution in [0.2, 0.25) is 0 Å². The maximum atomic E-state index is 12.9. The van der Waals surface area contributed by atoms with Gasteiger partial charge in [0.25, 0.3) is 5.91 Å². The van der Waals surface area contributed by atoms with Crippen LogP contribution in [-0.2, 0) is 0 Å². The maximum Gasteiger partial charge on any atom is 0.257 e. The highest BCUT2D eigenvalue weighted by Crippen LogP contribution is 2.33. The fourth-order valence-corrected chi connectivity index (χ4v) is 4.39. The van der Waals surface area contributed by atoms with E-state index in [9.17, 15) is 4.79 Å². The van der Waals surface area contributed by atoms with Crippen LogP contribution in [0.4, 0.5) is 5.95 Å². The van der Waals surface area contributed by atoms with E-state index in [1.807, 2.05) is 23.1 Å². The van der Waals surface area contributed by atoms with Gasteiger partial charge in [-0.15, -0.1) is 11.3 Å². The number of benzene rings is 1. The lowest BCUT2D eigenvalue weighted by molar-refractivity contribution is 0.0705. The third-order valence-electron chi connectivity index (χ3n) is 4.60. The number of aryl methyl sites for hydroxylation is 1. The number of carbonyl (C=O) groups excluding carboxylic acids is 1. The van der Waals surface area contributed by atoms with Gasteiger partial charge in [0.1, 0.15) is 0 Å². The Morgan fingerprint density at radius 3 is 2.96 bits per heavy atom. The molecular formula is C18H19N5OS. The van der Waals surface area contributed by atoms with Crippen molar-refractivity contribution in [1.29, 1.82) is 0 Å². The minimum absolute atomic E-state index is 0.0247. The van der Waals surface area contributed by atoms with Crippen molar-refractivity contribution >= 4 is 33.4 Å². The Hall–Kier alpha value is -2.54. The number of nitrogens with two attached hydrogens (primary N) is 1. The zero-order valence-corrected chi connectivity index (χ0v) is 14.8. The smallest absolute Gasteiger partial charge is 0.257 e. The summed E-state index contributed by atoms with van der Waals surface area (Å²) >= 11 is 1.73.